The Morgan fingerprint density at radius 3 is 2.60 bits per heavy atom. The largest absolute Gasteiger partial charge is 0.338 e. The topological polar surface area (TPSA) is 59.4 Å². The van der Waals surface area contributed by atoms with E-state index in [0.717, 1.165) is 25.8 Å². The number of carbonyl (C=O) groups is 1. The van der Waals surface area contributed by atoms with Gasteiger partial charge in [-0.25, -0.2) is 12.8 Å². The zero-order valence-corrected chi connectivity index (χ0v) is 17.7. The lowest BCUT2D eigenvalue weighted by Crippen LogP contribution is -2.43. The van der Waals surface area contributed by atoms with Gasteiger partial charge in [-0.15, -0.1) is 0 Å². The molecule has 7 heteroatoms. The summed E-state index contributed by atoms with van der Waals surface area (Å²) in [7, 11) is -3.80. The van der Waals surface area contributed by atoms with Crippen LogP contribution < -0.4 is 0 Å². The lowest BCUT2D eigenvalue weighted by atomic mass is 10.0. The Labute approximate surface area is 176 Å². The molecule has 1 saturated heterocycles. The summed E-state index contributed by atoms with van der Waals surface area (Å²) in [5.74, 6) is -0.981. The van der Waals surface area contributed by atoms with Gasteiger partial charge in [0.05, 0.1) is 10.6 Å². The molecule has 0 aliphatic carbocycles. The maximum Gasteiger partial charge on any atom is 0.242 e. The third kappa shape index (κ3) is 3.99. The van der Waals surface area contributed by atoms with Gasteiger partial charge in [0.25, 0.3) is 0 Å². The fourth-order valence-electron chi connectivity index (χ4n) is 4.19. The van der Waals surface area contributed by atoms with Crippen LogP contribution in [-0.2, 0) is 26.9 Å². The molecule has 30 heavy (non-hydrogen) atoms. The summed E-state index contributed by atoms with van der Waals surface area (Å²) in [4.78, 5) is 14.9. The molecule has 3 aromatic rings. The van der Waals surface area contributed by atoms with Gasteiger partial charge >= 0.3 is 0 Å². The molecule has 4 rings (SSSR count). The number of piperidine rings is 1. The Hall–Kier alpha value is -2.67. The number of carbonyl (C=O) groups excluding carboxylic acids is 1. The van der Waals surface area contributed by atoms with Crippen molar-refractivity contribution < 1.29 is 17.6 Å². The molecular formula is C23H25FN2O3S. The van der Waals surface area contributed by atoms with Crippen molar-refractivity contribution in [3.8, 4) is 0 Å². The highest BCUT2D eigenvalue weighted by Crippen LogP contribution is 2.29. The molecule has 1 aliphatic heterocycles. The number of sulfone groups is 1. The first-order chi connectivity index (χ1) is 14.4. The van der Waals surface area contributed by atoms with E-state index in [1.807, 2.05) is 17.0 Å². The summed E-state index contributed by atoms with van der Waals surface area (Å²) in [5, 5.41) is 0.549. The molecule has 0 saturated carbocycles. The lowest BCUT2D eigenvalue weighted by molar-refractivity contribution is -0.135. The number of aromatic nitrogens is 1. The van der Waals surface area contributed by atoms with E-state index < -0.39 is 21.4 Å². The van der Waals surface area contributed by atoms with Crippen LogP contribution in [0.3, 0.4) is 0 Å². The number of para-hydroxylation sites is 1. The Morgan fingerprint density at radius 1 is 1.10 bits per heavy atom. The lowest BCUT2D eigenvalue weighted by Gasteiger charge is -2.33. The van der Waals surface area contributed by atoms with Gasteiger partial charge in [-0.1, -0.05) is 36.4 Å². The molecule has 1 fully saturated rings. The second-order valence-electron chi connectivity index (χ2n) is 7.92. The normalized spacial score (nSPS) is 17.4. The summed E-state index contributed by atoms with van der Waals surface area (Å²) in [6, 6.07) is 13.2. The van der Waals surface area contributed by atoms with E-state index in [1.54, 1.807) is 22.8 Å². The number of fused-ring (bicyclic) bond motifs is 1. The molecule has 2 heterocycles. The van der Waals surface area contributed by atoms with Crippen molar-refractivity contribution in [2.45, 2.75) is 49.4 Å². The van der Waals surface area contributed by atoms with Crippen LogP contribution in [0.25, 0.3) is 10.9 Å². The molecule has 1 amide bonds. The number of hydrogen-bond acceptors (Lipinski definition) is 3. The average Bonchev–Trinajstić information content (AvgIpc) is 3.09. The molecule has 0 bridgehead atoms. The fraction of sp³-hybridized carbons (Fsp3) is 0.348. The maximum atomic E-state index is 14.0. The summed E-state index contributed by atoms with van der Waals surface area (Å²) < 4.78 is 42.0. The van der Waals surface area contributed by atoms with E-state index in [9.17, 15) is 17.6 Å². The van der Waals surface area contributed by atoms with Crippen molar-refractivity contribution in [1.29, 1.82) is 0 Å². The van der Waals surface area contributed by atoms with E-state index in [1.165, 1.54) is 24.4 Å². The van der Waals surface area contributed by atoms with Crippen molar-refractivity contribution in [1.82, 2.24) is 9.47 Å². The van der Waals surface area contributed by atoms with Crippen LogP contribution in [0.4, 0.5) is 4.39 Å². The second-order valence-corrected chi connectivity index (χ2v) is 9.88. The van der Waals surface area contributed by atoms with Gasteiger partial charge in [0, 0.05) is 35.2 Å². The van der Waals surface area contributed by atoms with Gasteiger partial charge in [0.2, 0.25) is 5.91 Å². The molecule has 0 unspecified atom stereocenters. The standard InChI is InChI=1S/C23H25FN2O3S/c1-17-8-6-7-13-26(17)23(27)15-25-14-22(19-10-3-5-12-21(19)25)30(28,29)16-18-9-2-4-11-20(18)24/h2-5,9-12,14,17H,6-8,13,15-16H2,1H3/t17-/m1/s1. The van der Waals surface area contributed by atoms with Crippen LogP contribution in [0, 0.1) is 5.82 Å². The number of amides is 1. The third-order valence-electron chi connectivity index (χ3n) is 5.82. The number of hydrogen-bond donors (Lipinski definition) is 0. The van der Waals surface area contributed by atoms with Crippen LogP contribution >= 0.6 is 0 Å². The average molecular weight is 429 g/mol. The number of nitrogens with zero attached hydrogens (tertiary/aromatic N) is 2. The van der Waals surface area contributed by atoms with Crippen LogP contribution in [0.1, 0.15) is 31.7 Å². The van der Waals surface area contributed by atoms with E-state index >= 15 is 0 Å². The quantitative estimate of drug-likeness (QED) is 0.613. The highest BCUT2D eigenvalue weighted by Gasteiger charge is 2.26. The first kappa shape index (κ1) is 20.6. The number of halogens is 1. The van der Waals surface area contributed by atoms with Gasteiger partial charge in [-0.3, -0.25) is 4.79 Å². The van der Waals surface area contributed by atoms with E-state index in [0.29, 0.717) is 10.9 Å². The predicted octanol–water partition coefficient (Wildman–Crippen LogP) is 4.16. The molecule has 0 radical (unpaired) electrons. The summed E-state index contributed by atoms with van der Waals surface area (Å²) in [6.07, 6.45) is 4.62. The number of likely N-dealkylation sites (tertiary alicyclic amines) is 1. The van der Waals surface area contributed by atoms with Crippen molar-refractivity contribution in [2.75, 3.05) is 6.54 Å². The summed E-state index contributed by atoms with van der Waals surface area (Å²) >= 11 is 0. The molecule has 2 aromatic carbocycles. The van der Waals surface area contributed by atoms with Crippen molar-refractivity contribution in [3.63, 3.8) is 0 Å². The second kappa shape index (κ2) is 8.22. The molecule has 0 N–H and O–H groups in total. The Bertz CT molecular complexity index is 1190. The predicted molar refractivity (Wildman–Crippen MR) is 114 cm³/mol. The molecular weight excluding hydrogens is 403 g/mol. The molecule has 158 valence electrons. The molecule has 1 atom stereocenters. The van der Waals surface area contributed by atoms with Crippen molar-refractivity contribution in [2.24, 2.45) is 0 Å². The Kier molecular flexibility index (Phi) is 5.64. The van der Waals surface area contributed by atoms with Gasteiger partial charge in [-0.2, -0.15) is 0 Å². The highest BCUT2D eigenvalue weighted by molar-refractivity contribution is 7.90. The smallest absolute Gasteiger partial charge is 0.242 e. The summed E-state index contributed by atoms with van der Waals surface area (Å²) in [6.45, 7) is 2.87. The van der Waals surface area contributed by atoms with E-state index in [4.69, 9.17) is 0 Å². The van der Waals surface area contributed by atoms with Crippen LogP contribution in [-0.4, -0.2) is 36.4 Å². The monoisotopic (exact) mass is 428 g/mol. The number of benzene rings is 2. The van der Waals surface area contributed by atoms with Gasteiger partial charge < -0.3 is 9.47 Å². The van der Waals surface area contributed by atoms with Gasteiger partial charge in [0.1, 0.15) is 12.4 Å². The molecule has 1 aromatic heterocycles. The highest BCUT2D eigenvalue weighted by atomic mass is 32.2. The maximum absolute atomic E-state index is 14.0. The third-order valence-corrected chi connectivity index (χ3v) is 7.51. The fourth-order valence-corrected chi connectivity index (χ4v) is 5.79. The molecule has 0 spiro atoms. The van der Waals surface area contributed by atoms with Crippen LogP contribution in [0.5, 0.6) is 0 Å². The first-order valence-electron chi connectivity index (χ1n) is 10.2. The minimum absolute atomic E-state index is 0.0130. The molecule has 1 aliphatic rings. The van der Waals surface area contributed by atoms with Crippen molar-refractivity contribution >= 4 is 26.6 Å². The zero-order chi connectivity index (χ0) is 21.3. The van der Waals surface area contributed by atoms with E-state index in [2.05, 4.69) is 6.92 Å². The Morgan fingerprint density at radius 2 is 1.83 bits per heavy atom. The number of rotatable bonds is 5. The van der Waals surface area contributed by atoms with E-state index in [-0.39, 0.29) is 29.0 Å². The van der Waals surface area contributed by atoms with Crippen LogP contribution in [0.2, 0.25) is 0 Å². The molecule has 5 nitrogen and oxygen atoms in total. The Balaban J connectivity index is 1.68. The minimum Gasteiger partial charge on any atom is -0.338 e. The van der Waals surface area contributed by atoms with Crippen LogP contribution in [0.15, 0.2) is 59.6 Å². The van der Waals surface area contributed by atoms with Gasteiger partial charge in [0.15, 0.2) is 9.84 Å². The van der Waals surface area contributed by atoms with Crippen molar-refractivity contribution in [3.05, 3.63) is 66.1 Å². The zero-order valence-electron chi connectivity index (χ0n) is 16.9. The first-order valence-corrected chi connectivity index (χ1v) is 11.9. The SMILES string of the molecule is C[C@@H]1CCCCN1C(=O)Cn1cc(S(=O)(=O)Cc2ccccc2F)c2ccccc21. The minimum atomic E-state index is -3.80. The summed E-state index contributed by atoms with van der Waals surface area (Å²) in [5.41, 5.74) is 0.815. The van der Waals surface area contributed by atoms with Gasteiger partial charge in [-0.05, 0) is 38.3 Å².